The van der Waals surface area contributed by atoms with Gasteiger partial charge in [0.1, 0.15) is 11.5 Å². The molecule has 0 aromatic heterocycles. The van der Waals surface area contributed by atoms with Gasteiger partial charge in [-0.25, -0.2) is 0 Å². The number of fused-ring (bicyclic) bond motifs is 8. The largest absolute Gasteiger partial charge is 0.508 e. The highest BCUT2D eigenvalue weighted by Gasteiger charge is 2.73. The van der Waals surface area contributed by atoms with Crippen LogP contribution >= 0.6 is 0 Å². The van der Waals surface area contributed by atoms with Gasteiger partial charge in [-0.1, -0.05) is 49.7 Å². The number of phenolic OH excluding ortho intramolecular Hbond substituents is 2. The zero-order valence-electron chi connectivity index (χ0n) is 26.1. The average molecular weight is 587 g/mol. The van der Waals surface area contributed by atoms with Crippen LogP contribution in [-0.4, -0.2) is 22.4 Å². The lowest BCUT2D eigenvalue weighted by molar-refractivity contribution is -0.210. The van der Waals surface area contributed by atoms with Gasteiger partial charge in [0.15, 0.2) is 0 Å². The Morgan fingerprint density at radius 3 is 2.02 bits per heavy atom. The second kappa shape index (κ2) is 9.15. The van der Waals surface area contributed by atoms with Crippen molar-refractivity contribution in [2.24, 2.45) is 29.1 Å². The number of benzene rings is 3. The molecule has 5 fully saturated rings. The molecular formula is C41H46O3. The zero-order valence-corrected chi connectivity index (χ0v) is 26.1. The van der Waals surface area contributed by atoms with E-state index in [1.807, 2.05) is 24.3 Å². The second-order valence-corrected chi connectivity index (χ2v) is 16.2. The Morgan fingerprint density at radius 2 is 1.32 bits per heavy atom. The maximum Gasteiger partial charge on any atom is 0.115 e. The number of aryl methyl sites for hydroxylation is 2. The van der Waals surface area contributed by atoms with Crippen molar-refractivity contribution in [2.75, 3.05) is 0 Å². The molecule has 0 amide bonds. The fourth-order valence-corrected chi connectivity index (χ4v) is 13.6. The van der Waals surface area contributed by atoms with Crippen molar-refractivity contribution >= 4 is 0 Å². The van der Waals surface area contributed by atoms with E-state index in [9.17, 15) is 10.2 Å². The molecule has 7 aliphatic carbocycles. The molecule has 3 nitrogen and oxygen atoms in total. The molecule has 2 bridgehead atoms. The van der Waals surface area contributed by atoms with Gasteiger partial charge in [-0.2, -0.15) is 0 Å². The Hall–Kier alpha value is -2.78. The Morgan fingerprint density at radius 1 is 0.682 bits per heavy atom. The summed E-state index contributed by atoms with van der Waals surface area (Å²) in [5, 5.41) is 21.1. The Labute approximate surface area is 262 Å². The third kappa shape index (κ3) is 3.23. The van der Waals surface area contributed by atoms with Crippen LogP contribution in [-0.2, 0) is 23.0 Å². The molecule has 10 unspecified atom stereocenters. The van der Waals surface area contributed by atoms with E-state index in [1.165, 1.54) is 67.2 Å². The molecule has 3 heteroatoms. The number of phenols is 2. The van der Waals surface area contributed by atoms with Crippen LogP contribution in [0.2, 0.25) is 0 Å². The Kier molecular flexibility index (Phi) is 5.50. The molecular weight excluding hydrogens is 540 g/mol. The van der Waals surface area contributed by atoms with E-state index in [0.717, 1.165) is 43.4 Å². The number of rotatable bonds is 1. The van der Waals surface area contributed by atoms with Crippen molar-refractivity contribution in [3.63, 3.8) is 0 Å². The van der Waals surface area contributed by atoms with Gasteiger partial charge in [-0.05, 0) is 157 Å². The van der Waals surface area contributed by atoms with Crippen molar-refractivity contribution < 1.29 is 14.9 Å². The summed E-state index contributed by atoms with van der Waals surface area (Å²) in [7, 11) is 0. The van der Waals surface area contributed by atoms with Crippen molar-refractivity contribution in [3.05, 3.63) is 94.0 Å². The molecule has 3 aromatic rings. The summed E-state index contributed by atoms with van der Waals surface area (Å²) < 4.78 is 7.21. The summed E-state index contributed by atoms with van der Waals surface area (Å²) in [6.07, 6.45) is 14.3. The predicted octanol–water partition coefficient (Wildman–Crippen LogP) is 8.90. The topological polar surface area (TPSA) is 49.7 Å². The lowest BCUT2D eigenvalue weighted by atomic mass is 9.30. The van der Waals surface area contributed by atoms with E-state index in [-0.39, 0.29) is 12.2 Å². The maximum atomic E-state index is 10.5. The van der Waals surface area contributed by atoms with Gasteiger partial charge in [-0.3, -0.25) is 0 Å². The molecule has 11 rings (SSSR count). The Balaban J connectivity index is 1.21. The van der Waals surface area contributed by atoms with Crippen LogP contribution in [0.25, 0.3) is 0 Å². The number of aromatic hydroxyl groups is 2. The number of hydrogen-bond acceptors (Lipinski definition) is 3. The van der Waals surface area contributed by atoms with E-state index in [0.29, 0.717) is 46.0 Å². The molecule has 10 atom stereocenters. The summed E-state index contributed by atoms with van der Waals surface area (Å²) in [5.41, 5.74) is 9.58. The molecule has 1 heterocycles. The monoisotopic (exact) mass is 586 g/mol. The molecule has 3 aromatic carbocycles. The summed E-state index contributed by atoms with van der Waals surface area (Å²) in [6.45, 7) is 2.71. The first-order valence-electron chi connectivity index (χ1n) is 17.9. The second-order valence-electron chi connectivity index (χ2n) is 16.2. The molecule has 1 aliphatic heterocycles. The fourth-order valence-electron chi connectivity index (χ4n) is 13.6. The van der Waals surface area contributed by atoms with Crippen LogP contribution in [0.4, 0.5) is 0 Å². The van der Waals surface area contributed by atoms with Crippen molar-refractivity contribution in [2.45, 2.75) is 113 Å². The Bertz CT molecular complexity index is 1590. The van der Waals surface area contributed by atoms with Gasteiger partial charge in [0.2, 0.25) is 0 Å². The van der Waals surface area contributed by atoms with Crippen LogP contribution in [0.5, 0.6) is 11.5 Å². The van der Waals surface area contributed by atoms with Crippen molar-refractivity contribution in [3.8, 4) is 11.5 Å². The zero-order chi connectivity index (χ0) is 29.4. The SMILES string of the molecule is CC12c3ccccc3C(C3C4c5ccc(O)cc5CCC4OC4CCc5cc(O)ccc5C43)CC3CCCC4CCC1CC432. The van der Waals surface area contributed by atoms with E-state index in [2.05, 4.69) is 43.3 Å². The molecule has 4 saturated carbocycles. The maximum absolute atomic E-state index is 10.5. The highest BCUT2D eigenvalue weighted by atomic mass is 16.5. The minimum atomic E-state index is 0.219. The highest BCUT2D eigenvalue weighted by Crippen LogP contribution is 2.79. The van der Waals surface area contributed by atoms with Gasteiger partial charge in [0, 0.05) is 17.3 Å². The number of ether oxygens (including phenoxy) is 1. The first kappa shape index (κ1) is 26.4. The highest BCUT2D eigenvalue weighted by molar-refractivity contribution is 5.50. The van der Waals surface area contributed by atoms with Gasteiger partial charge >= 0.3 is 0 Å². The minimum absolute atomic E-state index is 0.219. The van der Waals surface area contributed by atoms with Crippen LogP contribution in [0.3, 0.4) is 0 Å². The molecule has 2 N–H and O–H groups in total. The van der Waals surface area contributed by atoms with Crippen LogP contribution in [0.1, 0.15) is 116 Å². The smallest absolute Gasteiger partial charge is 0.115 e. The lowest BCUT2D eigenvalue weighted by Gasteiger charge is -2.74. The number of hydrogen-bond donors (Lipinski definition) is 2. The molecule has 1 saturated heterocycles. The van der Waals surface area contributed by atoms with Gasteiger partial charge in [-0.15, -0.1) is 0 Å². The molecule has 228 valence electrons. The summed E-state index contributed by atoms with van der Waals surface area (Å²) in [5.74, 6) is 4.76. The third-order valence-corrected chi connectivity index (χ3v) is 15.1. The van der Waals surface area contributed by atoms with Gasteiger partial charge in [0.25, 0.3) is 0 Å². The predicted molar refractivity (Wildman–Crippen MR) is 172 cm³/mol. The molecule has 8 aliphatic rings. The quantitative estimate of drug-likeness (QED) is 0.299. The van der Waals surface area contributed by atoms with Crippen LogP contribution in [0.15, 0.2) is 60.7 Å². The van der Waals surface area contributed by atoms with E-state index in [1.54, 1.807) is 11.1 Å². The van der Waals surface area contributed by atoms with Crippen molar-refractivity contribution in [1.82, 2.24) is 0 Å². The third-order valence-electron chi connectivity index (χ3n) is 15.1. The summed E-state index contributed by atoms with van der Waals surface area (Å²) in [6, 6.07) is 22.2. The van der Waals surface area contributed by atoms with E-state index >= 15 is 0 Å². The lowest BCUT2D eigenvalue weighted by Crippen LogP contribution is -2.69. The van der Waals surface area contributed by atoms with Gasteiger partial charge < -0.3 is 14.9 Å². The molecule has 44 heavy (non-hydrogen) atoms. The minimum Gasteiger partial charge on any atom is -0.508 e. The summed E-state index contributed by atoms with van der Waals surface area (Å²) in [4.78, 5) is 0. The first-order chi connectivity index (χ1) is 21.5. The average Bonchev–Trinajstić information content (AvgIpc) is 3.11. The van der Waals surface area contributed by atoms with Crippen LogP contribution < -0.4 is 0 Å². The fraction of sp³-hybridized carbons (Fsp3) is 0.561. The first-order valence-corrected chi connectivity index (χ1v) is 17.9. The standard InChI is InChI=1S/C41H46O3/c1-40-27-12-11-25-5-4-6-26(41(25,40)22-27)21-33(32-7-2-3-8-34(32)40)39-37-30-15-13-28(42)19-23(30)9-17-35(37)44-36-18-10-24-20-29(43)14-16-31(24)38(36)39/h2-3,7-8,13-16,19-20,25-27,33,35-39,42-43H,4-6,9-12,17-18,21-22H2,1H3. The molecule has 0 radical (unpaired) electrons. The van der Waals surface area contributed by atoms with Crippen LogP contribution in [0, 0.1) is 29.1 Å². The van der Waals surface area contributed by atoms with E-state index in [4.69, 9.17) is 4.74 Å². The van der Waals surface area contributed by atoms with Crippen molar-refractivity contribution in [1.29, 1.82) is 0 Å². The summed E-state index contributed by atoms with van der Waals surface area (Å²) >= 11 is 0. The molecule has 1 spiro atoms. The van der Waals surface area contributed by atoms with E-state index < -0.39 is 0 Å². The normalized spacial score (nSPS) is 42.6. The van der Waals surface area contributed by atoms with Gasteiger partial charge in [0.05, 0.1) is 12.2 Å².